The van der Waals surface area contributed by atoms with Gasteiger partial charge in [-0.05, 0) is 44.9 Å². The van der Waals surface area contributed by atoms with Crippen molar-refractivity contribution < 1.29 is 0 Å². The van der Waals surface area contributed by atoms with Crippen molar-refractivity contribution in [3.05, 3.63) is 0 Å². The number of rotatable bonds is 7. The summed E-state index contributed by atoms with van der Waals surface area (Å²) in [6, 6.07) is 0.852. The van der Waals surface area contributed by atoms with Crippen LogP contribution >= 0.6 is 11.8 Å². The fraction of sp³-hybridized carbons (Fsp3) is 0.933. The molecule has 0 spiro atoms. The molecule has 1 aliphatic carbocycles. The molecule has 0 radical (unpaired) electrons. The lowest BCUT2D eigenvalue weighted by atomic mass is 10.1. The molecule has 2 fully saturated rings. The average molecular weight is 299 g/mol. The molecule has 4 nitrogen and oxygen atoms in total. The van der Waals surface area contributed by atoms with E-state index in [1.54, 1.807) is 0 Å². The molecule has 116 valence electrons. The molecule has 1 heterocycles. The van der Waals surface area contributed by atoms with Crippen molar-refractivity contribution in [1.29, 1.82) is 0 Å². The van der Waals surface area contributed by atoms with Gasteiger partial charge < -0.3 is 10.6 Å². The standard InChI is InChI=1S/C15H30N4S/c1-4-19(13-6-7-13)10-9-17-14(16-3)18-12-15(2)8-5-11-20-15/h13H,4-12H2,1-3H3,(H2,16,17,18). The van der Waals surface area contributed by atoms with Gasteiger partial charge in [-0.3, -0.25) is 9.89 Å². The van der Waals surface area contributed by atoms with Crippen LogP contribution in [0.5, 0.6) is 0 Å². The van der Waals surface area contributed by atoms with Crippen LogP contribution in [0.15, 0.2) is 4.99 Å². The van der Waals surface area contributed by atoms with E-state index in [0.717, 1.165) is 38.2 Å². The Morgan fingerprint density at radius 1 is 1.40 bits per heavy atom. The zero-order valence-electron chi connectivity index (χ0n) is 13.2. The molecule has 0 aromatic heterocycles. The maximum absolute atomic E-state index is 4.33. The summed E-state index contributed by atoms with van der Waals surface area (Å²) < 4.78 is 0.390. The first-order chi connectivity index (χ1) is 9.67. The van der Waals surface area contributed by atoms with Gasteiger partial charge in [-0.15, -0.1) is 0 Å². The highest BCUT2D eigenvalue weighted by Gasteiger charge is 2.29. The Bertz CT molecular complexity index is 322. The van der Waals surface area contributed by atoms with E-state index in [1.165, 1.54) is 31.4 Å². The molecule has 0 bridgehead atoms. The monoisotopic (exact) mass is 298 g/mol. The molecule has 2 rings (SSSR count). The Hall–Kier alpha value is -0.420. The van der Waals surface area contributed by atoms with Crippen molar-refractivity contribution in [2.24, 2.45) is 4.99 Å². The summed E-state index contributed by atoms with van der Waals surface area (Å²) in [6.07, 6.45) is 5.43. The average Bonchev–Trinajstić information content (AvgIpc) is 3.20. The van der Waals surface area contributed by atoms with E-state index < -0.39 is 0 Å². The smallest absolute Gasteiger partial charge is 0.191 e. The van der Waals surface area contributed by atoms with Crippen LogP contribution in [0.1, 0.15) is 39.5 Å². The maximum Gasteiger partial charge on any atom is 0.191 e. The Morgan fingerprint density at radius 3 is 2.75 bits per heavy atom. The van der Waals surface area contributed by atoms with Crippen LogP contribution in [0.2, 0.25) is 0 Å². The van der Waals surface area contributed by atoms with Gasteiger partial charge in [0.05, 0.1) is 0 Å². The summed E-state index contributed by atoms with van der Waals surface area (Å²) >= 11 is 2.09. The van der Waals surface area contributed by atoms with Crippen LogP contribution in [0.25, 0.3) is 0 Å². The molecule has 2 aliphatic rings. The van der Waals surface area contributed by atoms with E-state index in [1.807, 2.05) is 7.05 Å². The highest BCUT2D eigenvalue weighted by molar-refractivity contribution is 8.00. The van der Waals surface area contributed by atoms with Crippen molar-refractivity contribution in [2.75, 3.05) is 39.0 Å². The minimum absolute atomic E-state index is 0.390. The summed E-state index contributed by atoms with van der Waals surface area (Å²) in [6.45, 7) is 8.88. The van der Waals surface area contributed by atoms with Crippen molar-refractivity contribution >= 4 is 17.7 Å². The highest BCUT2D eigenvalue weighted by Crippen LogP contribution is 2.36. The Morgan fingerprint density at radius 2 is 2.20 bits per heavy atom. The predicted octanol–water partition coefficient (Wildman–Crippen LogP) is 1.92. The second-order valence-corrected chi connectivity index (χ2v) is 7.80. The zero-order valence-corrected chi connectivity index (χ0v) is 14.1. The molecule has 0 amide bonds. The Balaban J connectivity index is 1.64. The van der Waals surface area contributed by atoms with Gasteiger partial charge in [0.2, 0.25) is 0 Å². The molecule has 1 atom stereocenters. The molecule has 1 saturated heterocycles. The number of nitrogens with zero attached hydrogens (tertiary/aromatic N) is 2. The van der Waals surface area contributed by atoms with Crippen LogP contribution < -0.4 is 10.6 Å². The van der Waals surface area contributed by atoms with Crippen LogP contribution in [0.4, 0.5) is 0 Å². The lowest BCUT2D eigenvalue weighted by Gasteiger charge is -2.25. The predicted molar refractivity (Wildman–Crippen MR) is 89.7 cm³/mol. The highest BCUT2D eigenvalue weighted by atomic mass is 32.2. The second-order valence-electron chi connectivity index (χ2n) is 6.11. The van der Waals surface area contributed by atoms with Gasteiger partial charge in [0, 0.05) is 37.5 Å². The molecule has 1 unspecified atom stereocenters. The summed E-state index contributed by atoms with van der Waals surface area (Å²) in [4.78, 5) is 6.89. The molecule has 1 aliphatic heterocycles. The van der Waals surface area contributed by atoms with Crippen LogP contribution in [0, 0.1) is 0 Å². The van der Waals surface area contributed by atoms with E-state index in [2.05, 4.69) is 46.1 Å². The number of likely N-dealkylation sites (N-methyl/N-ethyl adjacent to an activating group) is 1. The van der Waals surface area contributed by atoms with Crippen LogP contribution in [-0.2, 0) is 0 Å². The number of thioether (sulfide) groups is 1. The summed E-state index contributed by atoms with van der Waals surface area (Å²) in [7, 11) is 1.86. The maximum atomic E-state index is 4.33. The molecule has 20 heavy (non-hydrogen) atoms. The molecular formula is C15H30N4S. The van der Waals surface area contributed by atoms with E-state index in [4.69, 9.17) is 0 Å². The molecule has 0 aromatic rings. The first kappa shape index (κ1) is 16.0. The van der Waals surface area contributed by atoms with Gasteiger partial charge in [-0.25, -0.2) is 0 Å². The van der Waals surface area contributed by atoms with E-state index in [9.17, 15) is 0 Å². The third-order valence-corrected chi connectivity index (χ3v) is 5.85. The first-order valence-electron chi connectivity index (χ1n) is 7.99. The zero-order chi connectivity index (χ0) is 14.4. The van der Waals surface area contributed by atoms with E-state index in [-0.39, 0.29) is 0 Å². The third-order valence-electron chi connectivity index (χ3n) is 4.31. The quantitative estimate of drug-likeness (QED) is 0.556. The van der Waals surface area contributed by atoms with Gasteiger partial charge >= 0.3 is 0 Å². The lowest BCUT2D eigenvalue weighted by molar-refractivity contribution is 0.282. The number of hydrogen-bond donors (Lipinski definition) is 2. The van der Waals surface area contributed by atoms with Gasteiger partial charge in [0.25, 0.3) is 0 Å². The molecule has 2 N–H and O–H groups in total. The summed E-state index contributed by atoms with van der Waals surface area (Å²) in [5, 5.41) is 6.93. The van der Waals surface area contributed by atoms with Crippen LogP contribution in [0.3, 0.4) is 0 Å². The molecule has 5 heteroatoms. The number of guanidine groups is 1. The minimum Gasteiger partial charge on any atom is -0.355 e. The van der Waals surface area contributed by atoms with Crippen molar-refractivity contribution in [1.82, 2.24) is 15.5 Å². The molecule has 0 aromatic carbocycles. The Labute approximate surface area is 128 Å². The summed E-state index contributed by atoms with van der Waals surface area (Å²) in [5.41, 5.74) is 0. The van der Waals surface area contributed by atoms with Crippen molar-refractivity contribution in [3.63, 3.8) is 0 Å². The van der Waals surface area contributed by atoms with E-state index >= 15 is 0 Å². The number of nitrogens with one attached hydrogen (secondary N) is 2. The number of aliphatic imine (C=N–C) groups is 1. The summed E-state index contributed by atoms with van der Waals surface area (Å²) in [5.74, 6) is 2.25. The largest absolute Gasteiger partial charge is 0.355 e. The van der Waals surface area contributed by atoms with Gasteiger partial charge in [0.1, 0.15) is 0 Å². The van der Waals surface area contributed by atoms with Gasteiger partial charge in [0.15, 0.2) is 5.96 Å². The van der Waals surface area contributed by atoms with Gasteiger partial charge in [-0.1, -0.05) is 6.92 Å². The molecular weight excluding hydrogens is 268 g/mol. The second kappa shape index (κ2) is 7.55. The Kier molecular flexibility index (Phi) is 6.02. The molecule has 1 saturated carbocycles. The van der Waals surface area contributed by atoms with E-state index in [0.29, 0.717) is 4.75 Å². The van der Waals surface area contributed by atoms with Crippen LogP contribution in [-0.4, -0.2) is 60.6 Å². The van der Waals surface area contributed by atoms with Crippen molar-refractivity contribution in [2.45, 2.75) is 50.3 Å². The fourth-order valence-corrected chi connectivity index (χ4v) is 4.07. The SMILES string of the molecule is CCN(CCNC(=NC)NCC1(C)CCCS1)C1CC1. The minimum atomic E-state index is 0.390. The lowest BCUT2D eigenvalue weighted by Crippen LogP contribution is -2.45. The third kappa shape index (κ3) is 4.85. The van der Waals surface area contributed by atoms with Crippen molar-refractivity contribution in [3.8, 4) is 0 Å². The first-order valence-corrected chi connectivity index (χ1v) is 8.98. The number of hydrogen-bond acceptors (Lipinski definition) is 3. The normalized spacial score (nSPS) is 27.1. The van der Waals surface area contributed by atoms with Gasteiger partial charge in [-0.2, -0.15) is 11.8 Å². The fourth-order valence-electron chi connectivity index (χ4n) is 2.82. The topological polar surface area (TPSA) is 39.7 Å².